The number of carbonyl (C=O) groups is 1. The van der Waals surface area contributed by atoms with E-state index in [1.54, 1.807) is 19.6 Å². The average molecular weight is 350 g/mol. The Morgan fingerprint density at radius 3 is 2.88 bits per heavy atom. The standard InChI is InChI=1S/C18H30N4O3/c1-24-10-8-21-6-4-15(5-7-21)12-22(13-16-3-2-9-25-16)18(23)17-11-19-14-20-17/h11,14-16H,2-10,12-13H2,1H3,(H,19,20)/t16-/m0/s1. The van der Waals surface area contributed by atoms with Crippen LogP contribution in [0.4, 0.5) is 0 Å². The molecular weight excluding hydrogens is 320 g/mol. The molecule has 0 aromatic carbocycles. The van der Waals surface area contributed by atoms with Crippen molar-refractivity contribution in [2.75, 3.05) is 53.0 Å². The summed E-state index contributed by atoms with van der Waals surface area (Å²) < 4.78 is 10.9. The number of hydrogen-bond donors (Lipinski definition) is 1. The van der Waals surface area contributed by atoms with Crippen molar-refractivity contribution < 1.29 is 14.3 Å². The molecule has 2 aliphatic heterocycles. The largest absolute Gasteiger partial charge is 0.383 e. The molecule has 25 heavy (non-hydrogen) atoms. The molecule has 2 aliphatic rings. The lowest BCUT2D eigenvalue weighted by molar-refractivity contribution is 0.0433. The first-order valence-electron chi connectivity index (χ1n) is 9.37. The summed E-state index contributed by atoms with van der Waals surface area (Å²) >= 11 is 0. The summed E-state index contributed by atoms with van der Waals surface area (Å²) in [7, 11) is 1.75. The Kier molecular flexibility index (Phi) is 6.84. The van der Waals surface area contributed by atoms with Crippen molar-refractivity contribution in [1.82, 2.24) is 19.8 Å². The summed E-state index contributed by atoms with van der Waals surface area (Å²) in [6.07, 6.45) is 7.74. The van der Waals surface area contributed by atoms with Gasteiger partial charge in [0.05, 0.1) is 25.2 Å². The van der Waals surface area contributed by atoms with Gasteiger partial charge in [0, 0.05) is 33.4 Å². The second-order valence-electron chi connectivity index (χ2n) is 7.09. The maximum absolute atomic E-state index is 12.8. The molecule has 1 aromatic heterocycles. The van der Waals surface area contributed by atoms with E-state index in [1.165, 1.54) is 0 Å². The number of imidazole rings is 1. The van der Waals surface area contributed by atoms with E-state index in [0.717, 1.165) is 65.1 Å². The van der Waals surface area contributed by atoms with E-state index in [9.17, 15) is 4.79 Å². The number of piperidine rings is 1. The highest BCUT2D eigenvalue weighted by molar-refractivity contribution is 5.92. The zero-order chi connectivity index (χ0) is 17.5. The highest BCUT2D eigenvalue weighted by atomic mass is 16.5. The van der Waals surface area contributed by atoms with Crippen LogP contribution < -0.4 is 0 Å². The van der Waals surface area contributed by atoms with Gasteiger partial charge in [0.15, 0.2) is 0 Å². The Bertz CT molecular complexity index is 508. The van der Waals surface area contributed by atoms with Crippen LogP contribution in [-0.4, -0.2) is 84.8 Å². The zero-order valence-corrected chi connectivity index (χ0v) is 15.2. The first-order chi connectivity index (χ1) is 12.3. The number of aromatic amines is 1. The smallest absolute Gasteiger partial charge is 0.272 e. The second-order valence-corrected chi connectivity index (χ2v) is 7.09. The van der Waals surface area contributed by atoms with Gasteiger partial charge in [-0.15, -0.1) is 0 Å². The molecular formula is C18H30N4O3. The first kappa shape index (κ1) is 18.4. The van der Waals surface area contributed by atoms with Gasteiger partial charge in [-0.05, 0) is 44.7 Å². The van der Waals surface area contributed by atoms with Crippen LogP contribution >= 0.6 is 0 Å². The number of likely N-dealkylation sites (tertiary alicyclic amines) is 1. The third kappa shape index (κ3) is 5.26. The van der Waals surface area contributed by atoms with Crippen molar-refractivity contribution in [2.24, 2.45) is 5.92 Å². The number of carbonyl (C=O) groups excluding carboxylic acids is 1. The van der Waals surface area contributed by atoms with Crippen molar-refractivity contribution in [3.8, 4) is 0 Å². The van der Waals surface area contributed by atoms with Gasteiger partial charge in [-0.1, -0.05) is 0 Å². The van der Waals surface area contributed by atoms with Gasteiger partial charge in [-0.3, -0.25) is 4.79 Å². The van der Waals surface area contributed by atoms with E-state index in [4.69, 9.17) is 9.47 Å². The highest BCUT2D eigenvalue weighted by Gasteiger charge is 2.28. The molecule has 1 amide bonds. The monoisotopic (exact) mass is 350 g/mol. The van der Waals surface area contributed by atoms with Crippen LogP contribution in [0.3, 0.4) is 0 Å². The number of methoxy groups -OCH3 is 1. The predicted molar refractivity (Wildman–Crippen MR) is 94.5 cm³/mol. The number of H-pyrrole nitrogens is 1. The summed E-state index contributed by atoms with van der Waals surface area (Å²) in [6.45, 7) is 6.25. The van der Waals surface area contributed by atoms with Gasteiger partial charge < -0.3 is 24.3 Å². The van der Waals surface area contributed by atoms with E-state index < -0.39 is 0 Å². The molecule has 2 saturated heterocycles. The lowest BCUT2D eigenvalue weighted by atomic mass is 9.96. The number of amides is 1. The molecule has 3 heterocycles. The minimum atomic E-state index is 0.0369. The van der Waals surface area contributed by atoms with E-state index in [1.807, 2.05) is 4.90 Å². The summed E-state index contributed by atoms with van der Waals surface area (Å²) in [5.41, 5.74) is 0.565. The lowest BCUT2D eigenvalue weighted by Crippen LogP contribution is -2.44. The molecule has 140 valence electrons. The van der Waals surface area contributed by atoms with Gasteiger partial charge in [0.1, 0.15) is 5.69 Å². The van der Waals surface area contributed by atoms with Crippen LogP contribution in [-0.2, 0) is 9.47 Å². The molecule has 1 atom stereocenters. The molecule has 1 N–H and O–H groups in total. The van der Waals surface area contributed by atoms with Crippen LogP contribution in [0.1, 0.15) is 36.2 Å². The van der Waals surface area contributed by atoms with Gasteiger partial charge in [-0.25, -0.2) is 4.98 Å². The van der Waals surface area contributed by atoms with Crippen molar-refractivity contribution in [1.29, 1.82) is 0 Å². The topological polar surface area (TPSA) is 70.7 Å². The number of nitrogens with one attached hydrogen (secondary N) is 1. The number of ether oxygens (including phenoxy) is 2. The first-order valence-corrected chi connectivity index (χ1v) is 9.37. The number of rotatable bonds is 8. The Morgan fingerprint density at radius 1 is 1.40 bits per heavy atom. The Labute approximate surface area is 149 Å². The van der Waals surface area contributed by atoms with Crippen molar-refractivity contribution >= 4 is 5.91 Å². The van der Waals surface area contributed by atoms with E-state index >= 15 is 0 Å². The van der Waals surface area contributed by atoms with Crippen molar-refractivity contribution in [3.05, 3.63) is 18.2 Å². The van der Waals surface area contributed by atoms with Gasteiger partial charge in [0.2, 0.25) is 0 Å². The Balaban J connectivity index is 1.55. The van der Waals surface area contributed by atoms with Crippen molar-refractivity contribution in [3.63, 3.8) is 0 Å². The average Bonchev–Trinajstić information content (AvgIpc) is 3.34. The molecule has 1 aromatic rings. The summed E-state index contributed by atoms with van der Waals surface area (Å²) in [5, 5.41) is 0. The molecule has 2 fully saturated rings. The van der Waals surface area contributed by atoms with Crippen LogP contribution in [0.2, 0.25) is 0 Å². The number of hydrogen-bond acceptors (Lipinski definition) is 5. The van der Waals surface area contributed by atoms with Gasteiger partial charge in [-0.2, -0.15) is 0 Å². The van der Waals surface area contributed by atoms with Gasteiger partial charge >= 0.3 is 0 Å². The maximum Gasteiger partial charge on any atom is 0.272 e. The minimum absolute atomic E-state index is 0.0369. The van der Waals surface area contributed by atoms with Crippen LogP contribution in [0.5, 0.6) is 0 Å². The van der Waals surface area contributed by atoms with Crippen molar-refractivity contribution in [2.45, 2.75) is 31.8 Å². The third-order valence-electron chi connectivity index (χ3n) is 5.26. The van der Waals surface area contributed by atoms with Crippen LogP contribution in [0, 0.1) is 5.92 Å². The molecule has 0 bridgehead atoms. The highest BCUT2D eigenvalue weighted by Crippen LogP contribution is 2.21. The predicted octanol–water partition coefficient (Wildman–Crippen LogP) is 1.39. The second kappa shape index (κ2) is 9.31. The molecule has 0 spiro atoms. The molecule has 7 nitrogen and oxygen atoms in total. The molecule has 3 rings (SSSR count). The fraction of sp³-hybridized carbons (Fsp3) is 0.778. The number of nitrogens with zero attached hydrogens (tertiary/aromatic N) is 3. The molecule has 7 heteroatoms. The van der Waals surface area contributed by atoms with Gasteiger partial charge in [0.25, 0.3) is 5.91 Å². The van der Waals surface area contributed by atoms with Crippen LogP contribution in [0.15, 0.2) is 12.5 Å². The quantitative estimate of drug-likeness (QED) is 0.767. The Hall–Kier alpha value is -1.44. The zero-order valence-electron chi connectivity index (χ0n) is 15.2. The number of aromatic nitrogens is 2. The molecule has 0 unspecified atom stereocenters. The fourth-order valence-electron chi connectivity index (χ4n) is 3.74. The fourth-order valence-corrected chi connectivity index (χ4v) is 3.74. The lowest BCUT2D eigenvalue weighted by Gasteiger charge is -2.35. The van der Waals surface area contributed by atoms with E-state index in [2.05, 4.69) is 14.9 Å². The molecule has 0 radical (unpaired) electrons. The normalized spacial score (nSPS) is 22.4. The summed E-state index contributed by atoms with van der Waals surface area (Å²) in [6, 6.07) is 0. The van der Waals surface area contributed by atoms with Crippen LogP contribution in [0.25, 0.3) is 0 Å². The SMILES string of the molecule is COCCN1CCC(CN(C[C@@H]2CCCO2)C(=O)c2cnc[nH]2)CC1. The maximum atomic E-state index is 12.8. The minimum Gasteiger partial charge on any atom is -0.383 e. The summed E-state index contributed by atoms with van der Waals surface area (Å²) in [4.78, 5) is 24.2. The molecule has 0 aliphatic carbocycles. The summed E-state index contributed by atoms with van der Waals surface area (Å²) in [5.74, 6) is 0.585. The molecule has 0 saturated carbocycles. The van der Waals surface area contributed by atoms with E-state index in [-0.39, 0.29) is 12.0 Å². The van der Waals surface area contributed by atoms with E-state index in [0.29, 0.717) is 18.2 Å². The third-order valence-corrected chi connectivity index (χ3v) is 5.26. The Morgan fingerprint density at radius 2 is 2.24 bits per heavy atom.